The van der Waals surface area contributed by atoms with Gasteiger partial charge < -0.3 is 4.90 Å². The van der Waals surface area contributed by atoms with Crippen LogP contribution in [-0.2, 0) is 0 Å². The second-order valence-electron chi connectivity index (χ2n) is 4.13. The number of benzene rings is 1. The second kappa shape index (κ2) is 5.61. The Morgan fingerprint density at radius 2 is 2.00 bits per heavy atom. The SMILES string of the molecule is CC(C)N(CC(F)(F)F)c1cccc(Cl)c1C=O. The summed E-state index contributed by atoms with van der Waals surface area (Å²) in [5.41, 5.74) is 0.280. The molecule has 0 unspecified atom stereocenters. The first-order valence-corrected chi connectivity index (χ1v) is 5.71. The molecule has 0 heterocycles. The third kappa shape index (κ3) is 3.63. The fraction of sp³-hybridized carbons (Fsp3) is 0.417. The number of aldehydes is 1. The summed E-state index contributed by atoms with van der Waals surface area (Å²) in [6.07, 6.45) is -3.86. The van der Waals surface area contributed by atoms with Crippen molar-refractivity contribution < 1.29 is 18.0 Å². The van der Waals surface area contributed by atoms with Crippen molar-refractivity contribution in [2.45, 2.75) is 26.1 Å². The molecule has 0 aliphatic rings. The molecule has 0 aliphatic carbocycles. The molecule has 6 heteroatoms. The topological polar surface area (TPSA) is 20.3 Å². The minimum atomic E-state index is -4.34. The van der Waals surface area contributed by atoms with Crippen LogP contribution in [0.1, 0.15) is 24.2 Å². The molecule has 0 spiro atoms. The van der Waals surface area contributed by atoms with E-state index in [1.54, 1.807) is 13.8 Å². The summed E-state index contributed by atoms with van der Waals surface area (Å²) in [5, 5.41) is 0.148. The van der Waals surface area contributed by atoms with Crippen molar-refractivity contribution >= 4 is 23.6 Å². The number of anilines is 1. The average Bonchev–Trinajstić information content (AvgIpc) is 2.24. The molecule has 2 nitrogen and oxygen atoms in total. The lowest BCUT2D eigenvalue weighted by atomic mass is 10.1. The molecule has 1 rings (SSSR count). The molecule has 1 aromatic carbocycles. The maximum Gasteiger partial charge on any atom is 0.405 e. The Morgan fingerprint density at radius 3 is 2.44 bits per heavy atom. The van der Waals surface area contributed by atoms with Gasteiger partial charge >= 0.3 is 6.18 Å². The molecule has 0 aromatic heterocycles. The number of carbonyl (C=O) groups excluding carboxylic acids is 1. The third-order valence-electron chi connectivity index (χ3n) is 2.43. The fourth-order valence-electron chi connectivity index (χ4n) is 1.63. The summed E-state index contributed by atoms with van der Waals surface area (Å²) in [4.78, 5) is 12.1. The van der Waals surface area contributed by atoms with E-state index < -0.39 is 18.8 Å². The molecule has 0 saturated heterocycles. The molecule has 0 saturated carbocycles. The summed E-state index contributed by atoms with van der Waals surface area (Å²) in [6.45, 7) is 2.13. The molecular weight excluding hydrogens is 267 g/mol. The zero-order chi connectivity index (χ0) is 13.9. The Hall–Kier alpha value is -1.23. The van der Waals surface area contributed by atoms with Crippen LogP contribution in [0.25, 0.3) is 0 Å². The van der Waals surface area contributed by atoms with E-state index in [-0.39, 0.29) is 16.3 Å². The fourth-order valence-corrected chi connectivity index (χ4v) is 1.85. The molecule has 18 heavy (non-hydrogen) atoms. The first-order chi connectivity index (χ1) is 8.26. The molecule has 1 aromatic rings. The number of nitrogens with zero attached hydrogens (tertiary/aromatic N) is 1. The highest BCUT2D eigenvalue weighted by molar-refractivity contribution is 6.33. The maximum absolute atomic E-state index is 12.5. The summed E-state index contributed by atoms with van der Waals surface area (Å²) >= 11 is 5.81. The third-order valence-corrected chi connectivity index (χ3v) is 2.76. The number of hydrogen-bond donors (Lipinski definition) is 0. The summed E-state index contributed by atoms with van der Waals surface area (Å²) in [6, 6.07) is 4.06. The Labute approximate surface area is 108 Å². The van der Waals surface area contributed by atoms with Gasteiger partial charge in [-0.1, -0.05) is 17.7 Å². The smallest absolute Gasteiger partial charge is 0.359 e. The first-order valence-electron chi connectivity index (χ1n) is 5.33. The lowest BCUT2D eigenvalue weighted by molar-refractivity contribution is -0.120. The van der Waals surface area contributed by atoms with Crippen LogP contribution in [0.2, 0.25) is 5.02 Å². The molecule has 0 fully saturated rings. The second-order valence-corrected chi connectivity index (χ2v) is 4.53. The van der Waals surface area contributed by atoms with Crippen LogP contribution >= 0.6 is 11.6 Å². The van der Waals surface area contributed by atoms with Gasteiger partial charge in [0.2, 0.25) is 0 Å². The highest BCUT2D eigenvalue weighted by Gasteiger charge is 2.33. The molecule has 100 valence electrons. The van der Waals surface area contributed by atoms with Gasteiger partial charge in [-0.25, -0.2) is 0 Å². The van der Waals surface area contributed by atoms with Crippen molar-refractivity contribution in [3.05, 3.63) is 28.8 Å². The van der Waals surface area contributed by atoms with Crippen LogP contribution in [0, 0.1) is 0 Å². The van der Waals surface area contributed by atoms with Gasteiger partial charge in [0.1, 0.15) is 6.54 Å². The van der Waals surface area contributed by atoms with Crippen molar-refractivity contribution in [2.75, 3.05) is 11.4 Å². The van der Waals surface area contributed by atoms with Crippen molar-refractivity contribution in [3.8, 4) is 0 Å². The number of carbonyl (C=O) groups is 1. The molecule has 0 radical (unpaired) electrons. The van der Waals surface area contributed by atoms with Crippen molar-refractivity contribution in [2.24, 2.45) is 0 Å². The first kappa shape index (κ1) is 14.8. The number of rotatable bonds is 4. The van der Waals surface area contributed by atoms with Crippen LogP contribution in [0.5, 0.6) is 0 Å². The summed E-state index contributed by atoms with van der Waals surface area (Å²) in [7, 11) is 0. The monoisotopic (exact) mass is 279 g/mol. The van der Waals surface area contributed by atoms with E-state index in [2.05, 4.69) is 0 Å². The molecule has 0 N–H and O–H groups in total. The van der Waals surface area contributed by atoms with Gasteiger partial charge in [0, 0.05) is 11.7 Å². The summed E-state index contributed by atoms with van der Waals surface area (Å²) < 4.78 is 37.6. The van der Waals surface area contributed by atoms with Crippen molar-refractivity contribution in [1.82, 2.24) is 0 Å². The molecule has 0 bridgehead atoms. The van der Waals surface area contributed by atoms with Gasteiger partial charge in [-0.3, -0.25) is 4.79 Å². The minimum Gasteiger partial charge on any atom is -0.359 e. The summed E-state index contributed by atoms with van der Waals surface area (Å²) in [5.74, 6) is 0. The van der Waals surface area contributed by atoms with Gasteiger partial charge in [0.25, 0.3) is 0 Å². The van der Waals surface area contributed by atoms with E-state index in [4.69, 9.17) is 11.6 Å². The van der Waals surface area contributed by atoms with E-state index in [0.717, 1.165) is 4.90 Å². The molecule has 0 amide bonds. The van der Waals surface area contributed by atoms with Crippen LogP contribution in [0.3, 0.4) is 0 Å². The predicted molar refractivity (Wildman–Crippen MR) is 65.4 cm³/mol. The van der Waals surface area contributed by atoms with Crippen LogP contribution in [-0.4, -0.2) is 25.0 Å². The largest absolute Gasteiger partial charge is 0.405 e. The predicted octanol–water partition coefficient (Wildman–Crippen LogP) is 3.93. The normalized spacial score (nSPS) is 11.7. The molecule has 0 aliphatic heterocycles. The lowest BCUT2D eigenvalue weighted by Crippen LogP contribution is -2.39. The van der Waals surface area contributed by atoms with Crippen LogP contribution < -0.4 is 4.90 Å². The van der Waals surface area contributed by atoms with E-state index >= 15 is 0 Å². The lowest BCUT2D eigenvalue weighted by Gasteiger charge is -2.31. The minimum absolute atomic E-state index is 0.0807. The van der Waals surface area contributed by atoms with Crippen LogP contribution in [0.4, 0.5) is 18.9 Å². The highest BCUT2D eigenvalue weighted by atomic mass is 35.5. The van der Waals surface area contributed by atoms with Crippen LogP contribution in [0.15, 0.2) is 18.2 Å². The number of alkyl halides is 3. The Morgan fingerprint density at radius 1 is 1.39 bits per heavy atom. The van der Waals surface area contributed by atoms with Gasteiger partial charge in [-0.15, -0.1) is 0 Å². The molecular formula is C12H13ClF3NO. The quantitative estimate of drug-likeness (QED) is 0.778. The Balaban J connectivity index is 3.22. The van der Waals surface area contributed by atoms with E-state index in [1.165, 1.54) is 18.2 Å². The Bertz CT molecular complexity index is 432. The van der Waals surface area contributed by atoms with Gasteiger partial charge in [-0.05, 0) is 26.0 Å². The zero-order valence-electron chi connectivity index (χ0n) is 9.96. The van der Waals surface area contributed by atoms with Crippen molar-refractivity contribution in [1.29, 1.82) is 0 Å². The maximum atomic E-state index is 12.5. The number of halogens is 4. The molecule has 0 atom stereocenters. The van der Waals surface area contributed by atoms with E-state index in [1.807, 2.05) is 0 Å². The standard InChI is InChI=1S/C12H13ClF3NO/c1-8(2)17(7-12(14,15)16)11-5-3-4-10(13)9(11)6-18/h3-6,8H,7H2,1-2H3. The number of hydrogen-bond acceptors (Lipinski definition) is 2. The van der Waals surface area contributed by atoms with E-state index in [0.29, 0.717) is 6.29 Å². The average molecular weight is 280 g/mol. The Kier molecular flexibility index (Phi) is 4.62. The highest BCUT2D eigenvalue weighted by Crippen LogP contribution is 2.30. The van der Waals surface area contributed by atoms with Gasteiger partial charge in [0.15, 0.2) is 6.29 Å². The van der Waals surface area contributed by atoms with Gasteiger partial charge in [0.05, 0.1) is 10.6 Å². The van der Waals surface area contributed by atoms with Gasteiger partial charge in [-0.2, -0.15) is 13.2 Å². The van der Waals surface area contributed by atoms with Crippen molar-refractivity contribution in [3.63, 3.8) is 0 Å². The van der Waals surface area contributed by atoms with E-state index in [9.17, 15) is 18.0 Å². The zero-order valence-corrected chi connectivity index (χ0v) is 10.7.